The maximum Gasteiger partial charge on any atom is 0.266 e. The highest BCUT2D eigenvalue weighted by Gasteiger charge is 2.33. The number of allylic oxidation sites excluding steroid dienone is 2. The monoisotopic (exact) mass is 524 g/mol. The van der Waals surface area contributed by atoms with Gasteiger partial charge in [0, 0.05) is 24.3 Å². The summed E-state index contributed by atoms with van der Waals surface area (Å²) in [6.45, 7) is 5.36. The lowest BCUT2D eigenvalue weighted by Crippen LogP contribution is -2.27. The molecule has 0 unspecified atom stereocenters. The molecule has 0 N–H and O–H groups in total. The highest BCUT2D eigenvalue weighted by Crippen LogP contribution is 2.47. The number of likely N-dealkylation sites (N-methyl/N-ethyl adjacent to an activating group) is 1. The fourth-order valence-electron chi connectivity index (χ4n) is 4.71. The minimum atomic E-state index is -0.0441. The summed E-state index contributed by atoms with van der Waals surface area (Å²) in [6, 6.07) is 24.3. The molecular weight excluding hydrogens is 500 g/mol. The molecule has 2 aliphatic heterocycles. The van der Waals surface area contributed by atoms with E-state index >= 15 is 0 Å². The van der Waals surface area contributed by atoms with Gasteiger partial charge in [-0.05, 0) is 68.5 Å². The summed E-state index contributed by atoms with van der Waals surface area (Å²) in [5, 5.41) is 0. The Morgan fingerprint density at radius 3 is 2.41 bits per heavy atom. The van der Waals surface area contributed by atoms with Gasteiger partial charge in [0.2, 0.25) is 5.89 Å². The van der Waals surface area contributed by atoms with Crippen molar-refractivity contribution in [2.24, 2.45) is 0 Å². The second kappa shape index (κ2) is 9.53. The van der Waals surface area contributed by atoms with Gasteiger partial charge in [-0.3, -0.25) is 14.6 Å². The Hall–Kier alpha value is -3.88. The number of oxazole rings is 1. The molecular formula is C29H24N4O2S2. The molecule has 0 atom stereocenters. The summed E-state index contributed by atoms with van der Waals surface area (Å²) in [7, 11) is 0. The van der Waals surface area contributed by atoms with Crippen LogP contribution in [-0.2, 0) is 4.79 Å². The second-order valence-electron chi connectivity index (χ2n) is 8.58. The minimum Gasteiger partial charge on any atom is -0.436 e. The highest BCUT2D eigenvalue weighted by molar-refractivity contribution is 8.26. The van der Waals surface area contributed by atoms with E-state index in [1.807, 2.05) is 67.6 Å². The number of para-hydroxylation sites is 3. The van der Waals surface area contributed by atoms with Crippen LogP contribution < -0.4 is 9.80 Å². The molecule has 1 aromatic heterocycles. The van der Waals surface area contributed by atoms with Gasteiger partial charge in [-0.25, -0.2) is 4.98 Å². The van der Waals surface area contributed by atoms with Gasteiger partial charge in [0.05, 0.1) is 16.3 Å². The molecule has 1 saturated heterocycles. The number of thioether (sulfide) groups is 1. The van der Waals surface area contributed by atoms with Crippen LogP contribution in [-0.4, -0.2) is 33.2 Å². The molecule has 0 radical (unpaired) electrons. The molecule has 0 aliphatic carbocycles. The number of hydrogen-bond acceptors (Lipinski definition) is 7. The van der Waals surface area contributed by atoms with Gasteiger partial charge >= 0.3 is 0 Å². The van der Waals surface area contributed by atoms with Crippen molar-refractivity contribution in [2.45, 2.75) is 13.8 Å². The molecule has 3 heterocycles. The average molecular weight is 525 g/mol. The quantitative estimate of drug-likeness (QED) is 0.204. The van der Waals surface area contributed by atoms with Crippen molar-refractivity contribution in [2.75, 3.05) is 22.9 Å². The normalized spacial score (nSPS) is 17.6. The van der Waals surface area contributed by atoms with Gasteiger partial charge in [-0.1, -0.05) is 54.3 Å². The number of amides is 1. The van der Waals surface area contributed by atoms with Crippen molar-refractivity contribution >= 4 is 62.4 Å². The van der Waals surface area contributed by atoms with Crippen LogP contribution in [0.15, 0.2) is 100 Å². The molecule has 6 nitrogen and oxygen atoms in total. The molecule has 4 aromatic rings. The van der Waals surface area contributed by atoms with Gasteiger partial charge < -0.3 is 9.32 Å². The summed E-state index contributed by atoms with van der Waals surface area (Å²) < 4.78 is 6.65. The van der Waals surface area contributed by atoms with Gasteiger partial charge in [-0.15, -0.1) is 0 Å². The second-order valence-corrected chi connectivity index (χ2v) is 10.3. The fraction of sp³-hybridized carbons (Fsp3) is 0.138. The smallest absolute Gasteiger partial charge is 0.266 e. The largest absolute Gasteiger partial charge is 0.436 e. The molecule has 0 spiro atoms. The van der Waals surface area contributed by atoms with Crippen LogP contribution in [0.3, 0.4) is 0 Å². The summed E-state index contributed by atoms with van der Waals surface area (Å²) in [5.41, 5.74) is 5.64. The van der Waals surface area contributed by atoms with Crippen molar-refractivity contribution in [3.05, 3.63) is 95.7 Å². The third-order valence-corrected chi connectivity index (χ3v) is 7.85. The molecule has 3 aromatic carbocycles. The summed E-state index contributed by atoms with van der Waals surface area (Å²) >= 11 is 6.75. The molecule has 2 aliphatic rings. The van der Waals surface area contributed by atoms with E-state index in [0.717, 1.165) is 46.1 Å². The Bertz CT molecular complexity index is 1560. The van der Waals surface area contributed by atoms with Crippen LogP contribution in [0.1, 0.15) is 13.8 Å². The Kier molecular flexibility index (Phi) is 6.06. The summed E-state index contributed by atoms with van der Waals surface area (Å²) in [5.74, 6) is 1.50. The van der Waals surface area contributed by atoms with E-state index in [2.05, 4.69) is 41.0 Å². The number of nitrogens with zero attached hydrogens (tertiary/aromatic N) is 4. The van der Waals surface area contributed by atoms with Gasteiger partial charge in [0.25, 0.3) is 5.91 Å². The molecule has 6 rings (SSSR count). The van der Waals surface area contributed by atoms with E-state index in [1.165, 1.54) is 11.8 Å². The number of carbonyl (C=O) groups is 1. The minimum absolute atomic E-state index is 0.0441. The predicted octanol–water partition coefficient (Wildman–Crippen LogP) is 7.08. The van der Waals surface area contributed by atoms with Gasteiger partial charge in [0.1, 0.15) is 15.7 Å². The number of aromatic nitrogens is 1. The zero-order valence-corrected chi connectivity index (χ0v) is 22.1. The first-order valence-corrected chi connectivity index (χ1v) is 13.4. The Morgan fingerprint density at radius 1 is 0.919 bits per heavy atom. The molecule has 0 bridgehead atoms. The third-order valence-electron chi connectivity index (χ3n) is 6.46. The molecule has 1 fully saturated rings. The number of fused-ring (bicyclic) bond motifs is 2. The zero-order valence-electron chi connectivity index (χ0n) is 20.4. The van der Waals surface area contributed by atoms with Crippen molar-refractivity contribution in [1.29, 1.82) is 0 Å². The topological polar surface area (TPSA) is 52.8 Å². The first kappa shape index (κ1) is 23.5. The number of hydrogen-bond donors (Lipinski definition) is 0. The number of benzene rings is 3. The summed E-state index contributed by atoms with van der Waals surface area (Å²) in [6.07, 6.45) is 3.90. The van der Waals surface area contributed by atoms with Crippen LogP contribution in [0.2, 0.25) is 0 Å². The Balaban J connectivity index is 1.46. The number of anilines is 3. The van der Waals surface area contributed by atoms with Crippen LogP contribution in [0.25, 0.3) is 22.6 Å². The molecule has 1 amide bonds. The maximum absolute atomic E-state index is 12.8. The lowest BCUT2D eigenvalue weighted by molar-refractivity contribution is -0.122. The van der Waals surface area contributed by atoms with Crippen LogP contribution in [0.4, 0.5) is 17.1 Å². The van der Waals surface area contributed by atoms with Crippen molar-refractivity contribution in [3.8, 4) is 11.5 Å². The third kappa shape index (κ3) is 4.02. The average Bonchev–Trinajstić information content (AvgIpc) is 3.58. The van der Waals surface area contributed by atoms with E-state index in [-0.39, 0.29) is 5.91 Å². The zero-order chi connectivity index (χ0) is 25.5. The SMILES string of the molecule is CCN1C(=O)C(=CC=C2N(CC)c3cc(-c4nc5ccccc5o4)ccc3N2c2ccccc2)SC1=S. The lowest BCUT2D eigenvalue weighted by atomic mass is 10.1. The Labute approximate surface area is 224 Å². The van der Waals surface area contributed by atoms with Crippen LogP contribution in [0, 0.1) is 0 Å². The van der Waals surface area contributed by atoms with Crippen LogP contribution in [0.5, 0.6) is 0 Å². The maximum atomic E-state index is 12.8. The number of rotatable bonds is 5. The lowest BCUT2D eigenvalue weighted by Gasteiger charge is -2.24. The molecule has 8 heteroatoms. The van der Waals surface area contributed by atoms with Crippen molar-refractivity contribution < 1.29 is 9.21 Å². The molecule has 184 valence electrons. The van der Waals surface area contributed by atoms with E-state index in [4.69, 9.17) is 21.6 Å². The summed E-state index contributed by atoms with van der Waals surface area (Å²) in [4.78, 5) is 24.2. The van der Waals surface area contributed by atoms with E-state index in [0.29, 0.717) is 21.7 Å². The van der Waals surface area contributed by atoms with Gasteiger partial charge in [-0.2, -0.15) is 0 Å². The van der Waals surface area contributed by atoms with Crippen molar-refractivity contribution in [3.63, 3.8) is 0 Å². The van der Waals surface area contributed by atoms with Gasteiger partial charge in [0.15, 0.2) is 5.58 Å². The Morgan fingerprint density at radius 2 is 1.68 bits per heavy atom. The first-order chi connectivity index (χ1) is 18.1. The molecule has 0 saturated carbocycles. The van der Waals surface area contributed by atoms with Crippen LogP contribution >= 0.6 is 24.0 Å². The number of thiocarbonyl (C=S) groups is 1. The predicted molar refractivity (Wildman–Crippen MR) is 155 cm³/mol. The fourth-order valence-corrected chi connectivity index (χ4v) is 6.03. The highest BCUT2D eigenvalue weighted by atomic mass is 32.2. The van der Waals surface area contributed by atoms with E-state index in [9.17, 15) is 4.79 Å². The van der Waals surface area contributed by atoms with E-state index in [1.54, 1.807) is 4.90 Å². The standard InChI is InChI=1S/C29H24N4O2S2/c1-3-31-23-18-19(27-30-21-12-8-9-13-24(21)35-27)14-15-22(23)33(20-10-6-5-7-11-20)26(31)17-16-25-28(34)32(4-2)29(36)37-25/h5-18H,3-4H2,1-2H3. The molecule has 37 heavy (non-hydrogen) atoms. The van der Waals surface area contributed by atoms with E-state index < -0.39 is 0 Å². The van der Waals surface area contributed by atoms with Crippen molar-refractivity contribution in [1.82, 2.24) is 9.88 Å². The number of carbonyl (C=O) groups excluding carboxylic acids is 1. The first-order valence-electron chi connectivity index (χ1n) is 12.2.